The molecule has 6 heteroatoms. The first kappa shape index (κ1) is 17.6. The highest BCUT2D eigenvalue weighted by Crippen LogP contribution is 2.21. The Balaban J connectivity index is 1.58. The molecular weight excluding hydrogens is 314 g/mol. The van der Waals surface area contributed by atoms with Crippen LogP contribution in [0.4, 0.5) is 5.82 Å². The van der Waals surface area contributed by atoms with Crippen molar-refractivity contribution in [2.75, 3.05) is 19.3 Å². The Morgan fingerprint density at radius 1 is 1.16 bits per heavy atom. The molecule has 1 saturated carbocycles. The van der Waals surface area contributed by atoms with Gasteiger partial charge in [0, 0.05) is 24.8 Å². The minimum Gasteiger partial charge on any atom is -0.383 e. The number of hydrogen-bond donors (Lipinski definition) is 2. The number of nitrogen functional groups attached to an aromatic ring is 1. The molecule has 0 aliphatic heterocycles. The fourth-order valence-electron chi connectivity index (χ4n) is 3.47. The second-order valence-electron chi connectivity index (χ2n) is 6.97. The normalized spacial score (nSPS) is 20.8. The zero-order valence-corrected chi connectivity index (χ0v) is 14.8. The maximum Gasteiger partial charge on any atom is 0.354 e. The molecule has 1 aromatic heterocycles. The SMILES string of the molecule is CN(CCc1ccc(-n2ccc(N)nc2=O)cc1)C1CCC(N)CC1. The molecule has 0 spiro atoms. The quantitative estimate of drug-likeness (QED) is 0.861. The van der Waals surface area contributed by atoms with Crippen molar-refractivity contribution in [3.8, 4) is 5.69 Å². The van der Waals surface area contributed by atoms with Crippen LogP contribution in [0.3, 0.4) is 0 Å². The third-order valence-corrected chi connectivity index (χ3v) is 5.16. The number of aromatic nitrogens is 2. The number of nitrogens with zero attached hydrogens (tertiary/aromatic N) is 3. The molecule has 4 N–H and O–H groups in total. The molecule has 6 nitrogen and oxygen atoms in total. The lowest BCUT2D eigenvalue weighted by atomic mass is 9.91. The summed E-state index contributed by atoms with van der Waals surface area (Å²) in [6.45, 7) is 1.03. The first-order chi connectivity index (χ1) is 12.0. The smallest absolute Gasteiger partial charge is 0.354 e. The van der Waals surface area contributed by atoms with Crippen molar-refractivity contribution in [1.82, 2.24) is 14.5 Å². The van der Waals surface area contributed by atoms with Crippen LogP contribution in [0.25, 0.3) is 5.69 Å². The van der Waals surface area contributed by atoms with Crippen LogP contribution in [0, 0.1) is 0 Å². The molecule has 25 heavy (non-hydrogen) atoms. The Labute approximate surface area is 148 Å². The van der Waals surface area contributed by atoms with Crippen LogP contribution >= 0.6 is 0 Å². The van der Waals surface area contributed by atoms with E-state index < -0.39 is 0 Å². The molecule has 0 amide bonds. The van der Waals surface area contributed by atoms with Crippen LogP contribution in [0.5, 0.6) is 0 Å². The van der Waals surface area contributed by atoms with Gasteiger partial charge in [-0.3, -0.25) is 4.57 Å². The largest absolute Gasteiger partial charge is 0.383 e. The van der Waals surface area contributed by atoms with E-state index in [2.05, 4.69) is 29.1 Å². The van der Waals surface area contributed by atoms with E-state index >= 15 is 0 Å². The Morgan fingerprint density at radius 3 is 2.48 bits per heavy atom. The molecule has 1 aliphatic rings. The fraction of sp³-hybridized carbons (Fsp3) is 0.474. The summed E-state index contributed by atoms with van der Waals surface area (Å²) < 4.78 is 1.50. The summed E-state index contributed by atoms with van der Waals surface area (Å²) in [7, 11) is 2.20. The van der Waals surface area contributed by atoms with Gasteiger partial charge in [0.15, 0.2) is 0 Å². The lowest BCUT2D eigenvalue weighted by molar-refractivity contribution is 0.185. The van der Waals surface area contributed by atoms with E-state index in [4.69, 9.17) is 11.5 Å². The van der Waals surface area contributed by atoms with E-state index in [0.717, 1.165) is 31.5 Å². The van der Waals surface area contributed by atoms with Crippen molar-refractivity contribution in [2.24, 2.45) is 5.73 Å². The lowest BCUT2D eigenvalue weighted by Crippen LogP contribution is -2.39. The topological polar surface area (TPSA) is 90.2 Å². The molecule has 134 valence electrons. The summed E-state index contributed by atoms with van der Waals surface area (Å²) in [6, 6.07) is 10.7. The Bertz CT molecular complexity index is 747. The zero-order chi connectivity index (χ0) is 17.8. The van der Waals surface area contributed by atoms with Gasteiger partial charge in [0.1, 0.15) is 5.82 Å². The van der Waals surface area contributed by atoms with Gasteiger partial charge in [-0.2, -0.15) is 4.98 Å². The van der Waals surface area contributed by atoms with Crippen molar-refractivity contribution in [3.05, 3.63) is 52.6 Å². The molecule has 1 fully saturated rings. The summed E-state index contributed by atoms with van der Waals surface area (Å²) in [5.41, 5.74) is 13.2. The Morgan fingerprint density at radius 2 is 1.84 bits per heavy atom. The first-order valence-corrected chi connectivity index (χ1v) is 8.93. The van der Waals surface area contributed by atoms with Gasteiger partial charge in [-0.05, 0) is 62.9 Å². The van der Waals surface area contributed by atoms with Crippen LogP contribution in [0.1, 0.15) is 31.2 Å². The second kappa shape index (κ2) is 7.80. The molecule has 1 aromatic carbocycles. The molecule has 1 heterocycles. The summed E-state index contributed by atoms with van der Waals surface area (Å²) in [5, 5.41) is 0. The molecule has 0 bridgehead atoms. The molecule has 0 radical (unpaired) electrons. The van der Waals surface area contributed by atoms with E-state index in [1.807, 2.05) is 12.1 Å². The Hall–Kier alpha value is -2.18. The maximum atomic E-state index is 11.9. The van der Waals surface area contributed by atoms with Gasteiger partial charge in [0.05, 0.1) is 5.69 Å². The highest BCUT2D eigenvalue weighted by Gasteiger charge is 2.21. The van der Waals surface area contributed by atoms with Crippen LogP contribution < -0.4 is 17.2 Å². The van der Waals surface area contributed by atoms with Gasteiger partial charge in [-0.1, -0.05) is 12.1 Å². The van der Waals surface area contributed by atoms with Crippen molar-refractivity contribution in [1.29, 1.82) is 0 Å². The Kier molecular flexibility index (Phi) is 5.50. The van der Waals surface area contributed by atoms with E-state index in [0.29, 0.717) is 12.1 Å². The third-order valence-electron chi connectivity index (χ3n) is 5.16. The van der Waals surface area contributed by atoms with Gasteiger partial charge in [0.2, 0.25) is 0 Å². The monoisotopic (exact) mass is 341 g/mol. The minimum atomic E-state index is -0.358. The van der Waals surface area contributed by atoms with Crippen LogP contribution in [-0.4, -0.2) is 40.1 Å². The highest BCUT2D eigenvalue weighted by atomic mass is 16.1. The van der Waals surface area contributed by atoms with E-state index in [9.17, 15) is 4.79 Å². The van der Waals surface area contributed by atoms with E-state index in [-0.39, 0.29) is 11.5 Å². The predicted octanol–water partition coefficient (Wildman–Crippen LogP) is 1.56. The average molecular weight is 341 g/mol. The number of benzene rings is 1. The van der Waals surface area contributed by atoms with Crippen molar-refractivity contribution < 1.29 is 0 Å². The molecule has 2 aromatic rings. The van der Waals surface area contributed by atoms with Crippen molar-refractivity contribution in [2.45, 2.75) is 44.2 Å². The molecule has 0 saturated heterocycles. The van der Waals surface area contributed by atoms with Crippen LogP contribution in [0.2, 0.25) is 0 Å². The number of rotatable bonds is 5. The average Bonchev–Trinajstić information content (AvgIpc) is 2.61. The lowest BCUT2D eigenvalue weighted by Gasteiger charge is -2.33. The maximum absolute atomic E-state index is 11.9. The molecule has 0 atom stereocenters. The van der Waals surface area contributed by atoms with Gasteiger partial charge in [0.25, 0.3) is 0 Å². The molecule has 3 rings (SSSR count). The third kappa shape index (κ3) is 4.46. The van der Waals surface area contributed by atoms with Gasteiger partial charge in [-0.25, -0.2) is 4.79 Å². The highest BCUT2D eigenvalue weighted by molar-refractivity contribution is 5.36. The van der Waals surface area contributed by atoms with Gasteiger partial charge < -0.3 is 16.4 Å². The zero-order valence-electron chi connectivity index (χ0n) is 14.8. The van der Waals surface area contributed by atoms with Crippen molar-refractivity contribution in [3.63, 3.8) is 0 Å². The number of likely N-dealkylation sites (N-methyl/N-ethyl adjacent to an activating group) is 1. The summed E-state index contributed by atoms with van der Waals surface area (Å²) >= 11 is 0. The fourth-order valence-corrected chi connectivity index (χ4v) is 3.47. The van der Waals surface area contributed by atoms with Crippen LogP contribution in [0.15, 0.2) is 41.3 Å². The minimum absolute atomic E-state index is 0.240. The standard InChI is InChI=1S/C19H27N5O/c1-23(16-8-4-15(20)5-9-16)12-10-14-2-6-17(7-3-14)24-13-11-18(21)22-19(24)25/h2-3,6-7,11,13,15-16H,4-5,8-10,12,20H2,1H3,(H2,21,22,25). The number of anilines is 1. The van der Waals surface area contributed by atoms with Gasteiger partial charge >= 0.3 is 5.69 Å². The second-order valence-corrected chi connectivity index (χ2v) is 6.97. The van der Waals surface area contributed by atoms with Gasteiger partial charge in [-0.15, -0.1) is 0 Å². The van der Waals surface area contributed by atoms with E-state index in [1.54, 1.807) is 12.3 Å². The van der Waals surface area contributed by atoms with E-state index in [1.165, 1.54) is 23.0 Å². The number of hydrogen-bond acceptors (Lipinski definition) is 5. The molecule has 0 unspecified atom stereocenters. The predicted molar refractivity (Wildman–Crippen MR) is 101 cm³/mol. The first-order valence-electron chi connectivity index (χ1n) is 8.93. The van der Waals surface area contributed by atoms with Crippen LogP contribution in [-0.2, 0) is 6.42 Å². The summed E-state index contributed by atoms with van der Waals surface area (Å²) in [5.74, 6) is 0.240. The molecular formula is C19H27N5O. The van der Waals surface area contributed by atoms with Crippen molar-refractivity contribution >= 4 is 5.82 Å². The number of nitrogens with two attached hydrogens (primary N) is 2. The molecule has 1 aliphatic carbocycles. The summed E-state index contributed by atoms with van der Waals surface area (Å²) in [4.78, 5) is 18.1. The summed E-state index contributed by atoms with van der Waals surface area (Å²) in [6.07, 6.45) is 7.31.